The first-order valence-corrected chi connectivity index (χ1v) is 5.32. The normalized spacial score (nSPS) is 12.3. The van der Waals surface area contributed by atoms with Crippen molar-refractivity contribution < 1.29 is 9.53 Å². The molecular weight excluding hydrogens is 200 g/mol. The molecule has 1 aromatic rings. The van der Waals surface area contributed by atoms with Gasteiger partial charge in [-0.2, -0.15) is 0 Å². The second kappa shape index (κ2) is 6.62. The first kappa shape index (κ1) is 12.2. The maximum absolute atomic E-state index is 11.4. The van der Waals surface area contributed by atoms with Gasteiger partial charge in [-0.15, -0.1) is 0 Å². The van der Waals surface area contributed by atoms with Gasteiger partial charge in [0.05, 0.1) is 0 Å². The minimum Gasteiger partial charge on any atom is -0.455 e. The van der Waals surface area contributed by atoms with E-state index in [9.17, 15) is 4.79 Å². The van der Waals surface area contributed by atoms with E-state index in [-0.39, 0.29) is 12.1 Å². The molecule has 0 bridgehead atoms. The van der Waals surface area contributed by atoms with Gasteiger partial charge in [-0.25, -0.2) is 4.79 Å². The van der Waals surface area contributed by atoms with Gasteiger partial charge in [0, 0.05) is 6.08 Å². The van der Waals surface area contributed by atoms with Crippen molar-refractivity contribution in [3.05, 3.63) is 54.6 Å². The van der Waals surface area contributed by atoms with E-state index < -0.39 is 0 Å². The molecule has 1 atom stereocenters. The van der Waals surface area contributed by atoms with Gasteiger partial charge in [0.2, 0.25) is 0 Å². The molecule has 0 unspecified atom stereocenters. The number of esters is 1. The van der Waals surface area contributed by atoms with Crippen LogP contribution in [-0.4, -0.2) is 12.1 Å². The van der Waals surface area contributed by atoms with Crippen molar-refractivity contribution in [2.24, 2.45) is 0 Å². The summed E-state index contributed by atoms with van der Waals surface area (Å²) in [5, 5.41) is 0. The van der Waals surface area contributed by atoms with Gasteiger partial charge in [-0.05, 0) is 18.1 Å². The first-order chi connectivity index (χ1) is 7.76. The summed E-state index contributed by atoms with van der Waals surface area (Å²) in [5.74, 6) is -0.337. The van der Waals surface area contributed by atoms with Crippen LogP contribution < -0.4 is 0 Å². The van der Waals surface area contributed by atoms with Crippen molar-refractivity contribution in [3.8, 4) is 0 Å². The Balaban J connectivity index is 2.51. The standard InChI is InChI=1S/C14H16O2/c1-3-13(4-2)16-14(15)11-10-12-8-6-5-7-9-12/h3,5-11,13H,1,4H2,2H3/t13-/m1/s1. The number of rotatable bonds is 5. The van der Waals surface area contributed by atoms with Crippen LogP contribution in [0, 0.1) is 0 Å². The molecular formula is C14H16O2. The van der Waals surface area contributed by atoms with Gasteiger partial charge < -0.3 is 4.74 Å². The van der Waals surface area contributed by atoms with Crippen molar-refractivity contribution in [1.82, 2.24) is 0 Å². The highest BCUT2D eigenvalue weighted by molar-refractivity contribution is 5.87. The summed E-state index contributed by atoms with van der Waals surface area (Å²) in [5.41, 5.74) is 0.978. The molecule has 16 heavy (non-hydrogen) atoms. The summed E-state index contributed by atoms with van der Waals surface area (Å²) in [7, 11) is 0. The Kier molecular flexibility index (Phi) is 5.06. The summed E-state index contributed by atoms with van der Waals surface area (Å²) in [6.07, 6.45) is 5.34. The second-order valence-corrected chi connectivity index (χ2v) is 3.36. The Hall–Kier alpha value is -1.83. The summed E-state index contributed by atoms with van der Waals surface area (Å²) in [6, 6.07) is 9.62. The molecule has 2 heteroatoms. The molecule has 0 heterocycles. The molecule has 0 radical (unpaired) electrons. The molecule has 0 saturated heterocycles. The molecule has 0 aromatic heterocycles. The topological polar surface area (TPSA) is 26.3 Å². The largest absolute Gasteiger partial charge is 0.455 e. The van der Waals surface area contributed by atoms with E-state index >= 15 is 0 Å². The summed E-state index contributed by atoms with van der Waals surface area (Å²) >= 11 is 0. The smallest absolute Gasteiger partial charge is 0.331 e. The van der Waals surface area contributed by atoms with Gasteiger partial charge in [0.15, 0.2) is 0 Å². The van der Waals surface area contributed by atoms with E-state index in [1.165, 1.54) is 6.08 Å². The van der Waals surface area contributed by atoms with E-state index in [2.05, 4.69) is 6.58 Å². The number of hydrogen-bond donors (Lipinski definition) is 0. The zero-order chi connectivity index (χ0) is 11.8. The maximum atomic E-state index is 11.4. The molecule has 1 rings (SSSR count). The van der Waals surface area contributed by atoms with Crippen LogP contribution >= 0.6 is 0 Å². The quantitative estimate of drug-likeness (QED) is 0.429. The van der Waals surface area contributed by atoms with Crippen LogP contribution in [0.4, 0.5) is 0 Å². The molecule has 0 aliphatic carbocycles. The zero-order valence-corrected chi connectivity index (χ0v) is 9.43. The molecule has 0 aliphatic rings. The highest BCUT2D eigenvalue weighted by Crippen LogP contribution is 2.03. The third-order valence-electron chi connectivity index (χ3n) is 2.14. The predicted molar refractivity (Wildman–Crippen MR) is 65.8 cm³/mol. The highest BCUT2D eigenvalue weighted by Gasteiger charge is 2.04. The Morgan fingerprint density at radius 1 is 1.44 bits per heavy atom. The molecule has 0 fully saturated rings. The molecule has 0 spiro atoms. The fourth-order valence-corrected chi connectivity index (χ4v) is 1.22. The van der Waals surface area contributed by atoms with Gasteiger partial charge in [-0.1, -0.05) is 49.9 Å². The van der Waals surface area contributed by atoms with Gasteiger partial charge in [0.1, 0.15) is 6.10 Å². The number of carbonyl (C=O) groups is 1. The Morgan fingerprint density at radius 3 is 2.69 bits per heavy atom. The van der Waals surface area contributed by atoms with Crippen molar-refractivity contribution in [2.75, 3.05) is 0 Å². The fourth-order valence-electron chi connectivity index (χ4n) is 1.22. The van der Waals surface area contributed by atoms with Gasteiger partial charge >= 0.3 is 5.97 Å². The summed E-state index contributed by atoms with van der Waals surface area (Å²) < 4.78 is 5.13. The fraction of sp³-hybridized carbons (Fsp3) is 0.214. The summed E-state index contributed by atoms with van der Waals surface area (Å²) in [4.78, 5) is 11.4. The zero-order valence-electron chi connectivity index (χ0n) is 9.43. The lowest BCUT2D eigenvalue weighted by molar-refractivity contribution is -0.140. The SMILES string of the molecule is C=C[C@H](CC)OC(=O)C=Cc1ccccc1. The lowest BCUT2D eigenvalue weighted by Crippen LogP contribution is -2.12. The number of hydrogen-bond acceptors (Lipinski definition) is 2. The highest BCUT2D eigenvalue weighted by atomic mass is 16.5. The average Bonchev–Trinajstić information content (AvgIpc) is 2.34. The van der Waals surface area contributed by atoms with Crippen LogP contribution in [0.3, 0.4) is 0 Å². The molecule has 0 saturated carbocycles. The molecule has 0 aliphatic heterocycles. The number of benzene rings is 1. The third-order valence-corrected chi connectivity index (χ3v) is 2.14. The molecule has 84 valence electrons. The van der Waals surface area contributed by atoms with Crippen molar-refractivity contribution in [2.45, 2.75) is 19.4 Å². The lowest BCUT2D eigenvalue weighted by Gasteiger charge is -2.09. The minimum atomic E-state index is -0.337. The minimum absolute atomic E-state index is 0.201. The number of carbonyl (C=O) groups excluding carboxylic acids is 1. The van der Waals surface area contributed by atoms with Crippen LogP contribution in [0.25, 0.3) is 6.08 Å². The van der Waals surface area contributed by atoms with E-state index in [1.807, 2.05) is 37.3 Å². The third kappa shape index (κ3) is 4.13. The van der Waals surface area contributed by atoms with Crippen molar-refractivity contribution >= 4 is 12.0 Å². The molecule has 1 aromatic carbocycles. The predicted octanol–water partition coefficient (Wildman–Crippen LogP) is 3.21. The van der Waals surface area contributed by atoms with E-state index in [1.54, 1.807) is 12.2 Å². The lowest BCUT2D eigenvalue weighted by atomic mass is 10.2. The molecule has 0 amide bonds. The van der Waals surface area contributed by atoms with Crippen molar-refractivity contribution in [1.29, 1.82) is 0 Å². The van der Waals surface area contributed by atoms with Crippen molar-refractivity contribution in [3.63, 3.8) is 0 Å². The molecule has 0 N–H and O–H groups in total. The monoisotopic (exact) mass is 216 g/mol. The van der Waals surface area contributed by atoms with Crippen LogP contribution in [0.15, 0.2) is 49.1 Å². The van der Waals surface area contributed by atoms with Crippen LogP contribution in [0.5, 0.6) is 0 Å². The Morgan fingerprint density at radius 2 is 2.12 bits per heavy atom. The number of ether oxygens (including phenoxy) is 1. The van der Waals surface area contributed by atoms with Crippen LogP contribution in [0.1, 0.15) is 18.9 Å². The molecule has 2 nitrogen and oxygen atoms in total. The van der Waals surface area contributed by atoms with Crippen LogP contribution in [0.2, 0.25) is 0 Å². The second-order valence-electron chi connectivity index (χ2n) is 3.36. The van der Waals surface area contributed by atoms with E-state index in [4.69, 9.17) is 4.74 Å². The van der Waals surface area contributed by atoms with E-state index in [0.717, 1.165) is 12.0 Å². The Labute approximate surface area is 96.2 Å². The van der Waals surface area contributed by atoms with Crippen LogP contribution in [-0.2, 0) is 9.53 Å². The Bertz CT molecular complexity index is 366. The first-order valence-electron chi connectivity index (χ1n) is 5.32. The average molecular weight is 216 g/mol. The maximum Gasteiger partial charge on any atom is 0.331 e. The van der Waals surface area contributed by atoms with Gasteiger partial charge in [-0.3, -0.25) is 0 Å². The van der Waals surface area contributed by atoms with E-state index in [0.29, 0.717) is 0 Å². The summed E-state index contributed by atoms with van der Waals surface area (Å²) in [6.45, 7) is 5.55. The van der Waals surface area contributed by atoms with Gasteiger partial charge in [0.25, 0.3) is 0 Å².